The molecule has 0 aromatic heterocycles. The largest absolute Gasteiger partial charge is 0.452 e. The molecule has 0 bridgehead atoms. The molecular weight excluding hydrogens is 310 g/mol. The van der Waals surface area contributed by atoms with Crippen LogP contribution in [0.25, 0.3) is 0 Å². The monoisotopic (exact) mass is 325 g/mol. The van der Waals surface area contributed by atoms with Crippen molar-refractivity contribution in [3.8, 4) is 0 Å². The Morgan fingerprint density at radius 2 is 2.21 bits per heavy atom. The lowest BCUT2D eigenvalue weighted by molar-refractivity contribution is -0.124. The minimum Gasteiger partial charge on any atom is -0.452 e. The van der Waals surface area contributed by atoms with Crippen molar-refractivity contribution in [3.05, 3.63) is 34.3 Å². The number of amides is 1. The summed E-state index contributed by atoms with van der Waals surface area (Å²) in [7, 11) is 0. The molecule has 1 saturated carbocycles. The fourth-order valence-electron chi connectivity index (χ4n) is 1.84. The molecule has 0 saturated heterocycles. The number of ether oxygens (including phenoxy) is 1. The number of rotatable bonds is 5. The molecular formula is C14H16BrNO3. The van der Waals surface area contributed by atoms with E-state index in [1.807, 2.05) is 13.0 Å². The van der Waals surface area contributed by atoms with Crippen LogP contribution in [0.15, 0.2) is 28.7 Å². The number of nitrogens with one attached hydrogen (secondary N) is 1. The van der Waals surface area contributed by atoms with Gasteiger partial charge >= 0.3 is 5.97 Å². The van der Waals surface area contributed by atoms with Crippen LogP contribution < -0.4 is 5.32 Å². The number of hydrogen-bond donors (Lipinski definition) is 1. The molecule has 1 aromatic carbocycles. The summed E-state index contributed by atoms with van der Waals surface area (Å²) in [6.45, 7) is 1.74. The summed E-state index contributed by atoms with van der Waals surface area (Å²) in [5.41, 5.74) is 0.428. The first-order chi connectivity index (χ1) is 9.06. The van der Waals surface area contributed by atoms with E-state index in [0.717, 1.165) is 4.47 Å². The lowest BCUT2D eigenvalue weighted by Crippen LogP contribution is -2.37. The van der Waals surface area contributed by atoms with Gasteiger partial charge in [-0.2, -0.15) is 0 Å². The van der Waals surface area contributed by atoms with Crippen LogP contribution in [0.1, 0.15) is 30.1 Å². The van der Waals surface area contributed by atoms with E-state index >= 15 is 0 Å². The number of halogens is 1. The molecule has 2 rings (SSSR count). The van der Waals surface area contributed by atoms with Gasteiger partial charge in [-0.25, -0.2) is 4.79 Å². The number of carbonyl (C=O) groups excluding carboxylic acids is 2. The van der Waals surface area contributed by atoms with Crippen molar-refractivity contribution in [2.75, 3.05) is 6.61 Å². The van der Waals surface area contributed by atoms with E-state index in [-0.39, 0.29) is 18.6 Å². The van der Waals surface area contributed by atoms with Crippen LogP contribution in [0.3, 0.4) is 0 Å². The Balaban J connectivity index is 1.78. The van der Waals surface area contributed by atoms with Crippen molar-refractivity contribution in [1.82, 2.24) is 5.32 Å². The van der Waals surface area contributed by atoms with Crippen LogP contribution in [0, 0.1) is 5.92 Å². The normalized spacial score (nSPS) is 15.7. The summed E-state index contributed by atoms with van der Waals surface area (Å²) in [5.74, 6) is -0.150. The maximum atomic E-state index is 11.7. The lowest BCUT2D eigenvalue weighted by atomic mass is 10.2. The van der Waals surface area contributed by atoms with Crippen LogP contribution in [0.2, 0.25) is 0 Å². The Morgan fingerprint density at radius 1 is 1.47 bits per heavy atom. The Hall–Kier alpha value is -1.36. The zero-order valence-electron chi connectivity index (χ0n) is 10.7. The number of esters is 1. The zero-order valence-corrected chi connectivity index (χ0v) is 12.3. The maximum absolute atomic E-state index is 11.7. The summed E-state index contributed by atoms with van der Waals surface area (Å²) in [4.78, 5) is 23.3. The third kappa shape index (κ3) is 4.35. The van der Waals surface area contributed by atoms with Crippen LogP contribution >= 0.6 is 15.9 Å². The van der Waals surface area contributed by atoms with Crippen LogP contribution in [0.5, 0.6) is 0 Å². The van der Waals surface area contributed by atoms with Gasteiger partial charge in [-0.3, -0.25) is 4.79 Å². The van der Waals surface area contributed by atoms with Gasteiger partial charge in [0.15, 0.2) is 6.61 Å². The fourth-order valence-corrected chi connectivity index (χ4v) is 2.24. The minimum absolute atomic E-state index is 0.164. The van der Waals surface area contributed by atoms with Crippen molar-refractivity contribution in [1.29, 1.82) is 0 Å². The molecule has 0 radical (unpaired) electrons. The maximum Gasteiger partial charge on any atom is 0.338 e. The third-order valence-corrected chi connectivity index (χ3v) is 3.61. The van der Waals surface area contributed by atoms with Gasteiger partial charge in [-0.05, 0) is 43.9 Å². The topological polar surface area (TPSA) is 55.4 Å². The molecule has 102 valence electrons. The molecule has 0 unspecified atom stereocenters. The summed E-state index contributed by atoms with van der Waals surface area (Å²) < 4.78 is 5.77. The second-order valence-corrected chi connectivity index (χ2v) is 5.70. The number of hydrogen-bond acceptors (Lipinski definition) is 3. The van der Waals surface area contributed by atoms with Gasteiger partial charge < -0.3 is 10.1 Å². The molecule has 1 N–H and O–H groups in total. The molecule has 0 heterocycles. The highest BCUT2D eigenvalue weighted by Crippen LogP contribution is 2.32. The molecule has 1 aliphatic carbocycles. The third-order valence-electron chi connectivity index (χ3n) is 3.11. The van der Waals surface area contributed by atoms with Crippen LogP contribution in [-0.4, -0.2) is 24.5 Å². The van der Waals surface area contributed by atoms with Crippen molar-refractivity contribution in [2.24, 2.45) is 5.92 Å². The lowest BCUT2D eigenvalue weighted by Gasteiger charge is -2.12. The Kier molecular flexibility index (Phi) is 4.58. The number of benzene rings is 1. The van der Waals surface area contributed by atoms with Gasteiger partial charge in [-0.1, -0.05) is 22.0 Å². The van der Waals surface area contributed by atoms with Crippen molar-refractivity contribution in [2.45, 2.75) is 25.8 Å². The number of carbonyl (C=O) groups is 2. The average molecular weight is 326 g/mol. The van der Waals surface area contributed by atoms with E-state index in [0.29, 0.717) is 11.5 Å². The van der Waals surface area contributed by atoms with Crippen LogP contribution in [0.4, 0.5) is 0 Å². The summed E-state index contributed by atoms with van der Waals surface area (Å²) in [6.07, 6.45) is 2.33. The highest BCUT2D eigenvalue weighted by Gasteiger charge is 2.28. The van der Waals surface area contributed by atoms with Crippen molar-refractivity contribution in [3.63, 3.8) is 0 Å². The highest BCUT2D eigenvalue weighted by molar-refractivity contribution is 9.10. The second kappa shape index (κ2) is 6.19. The van der Waals surface area contributed by atoms with E-state index in [2.05, 4.69) is 21.2 Å². The quantitative estimate of drug-likeness (QED) is 0.846. The molecule has 19 heavy (non-hydrogen) atoms. The molecule has 4 nitrogen and oxygen atoms in total. The first kappa shape index (κ1) is 14.1. The second-order valence-electron chi connectivity index (χ2n) is 4.78. The van der Waals surface area contributed by atoms with Crippen LogP contribution in [-0.2, 0) is 9.53 Å². The first-order valence-corrected chi connectivity index (χ1v) is 7.07. The summed E-state index contributed by atoms with van der Waals surface area (Å²) >= 11 is 3.28. The summed E-state index contributed by atoms with van der Waals surface area (Å²) in [5, 5.41) is 2.83. The van der Waals surface area contributed by atoms with E-state index in [1.54, 1.807) is 18.2 Å². The molecule has 1 atom stereocenters. The van der Waals surface area contributed by atoms with Gasteiger partial charge in [0, 0.05) is 10.5 Å². The fraction of sp³-hybridized carbons (Fsp3) is 0.429. The van der Waals surface area contributed by atoms with E-state index in [1.165, 1.54) is 12.8 Å². The smallest absolute Gasteiger partial charge is 0.338 e. The first-order valence-electron chi connectivity index (χ1n) is 6.28. The zero-order chi connectivity index (χ0) is 13.8. The molecule has 0 aliphatic heterocycles. The molecule has 1 aromatic rings. The molecule has 1 fully saturated rings. The predicted octanol–water partition coefficient (Wildman–Crippen LogP) is 2.52. The standard InChI is InChI=1S/C14H16BrNO3/c1-9(10-5-6-10)16-13(17)8-19-14(18)11-3-2-4-12(15)7-11/h2-4,7,9-10H,5-6,8H2,1H3,(H,16,17)/t9-/m0/s1. The van der Waals surface area contributed by atoms with Gasteiger partial charge in [0.25, 0.3) is 5.91 Å². The molecule has 1 aliphatic rings. The SMILES string of the molecule is C[C@H](NC(=O)COC(=O)c1cccc(Br)c1)C1CC1. The van der Waals surface area contributed by atoms with Gasteiger partial charge in [0.2, 0.25) is 0 Å². The van der Waals surface area contributed by atoms with Gasteiger partial charge in [0.1, 0.15) is 0 Å². The summed E-state index contributed by atoms with van der Waals surface area (Å²) in [6, 6.07) is 7.04. The van der Waals surface area contributed by atoms with Gasteiger partial charge in [-0.15, -0.1) is 0 Å². The predicted molar refractivity (Wildman–Crippen MR) is 74.8 cm³/mol. The minimum atomic E-state index is -0.490. The molecule has 0 spiro atoms. The Bertz CT molecular complexity index is 485. The average Bonchev–Trinajstić information content (AvgIpc) is 3.20. The Morgan fingerprint density at radius 3 is 2.84 bits per heavy atom. The van der Waals surface area contributed by atoms with Gasteiger partial charge in [0.05, 0.1) is 5.56 Å². The Labute approximate surface area is 120 Å². The van der Waals surface area contributed by atoms with Crippen molar-refractivity contribution < 1.29 is 14.3 Å². The van der Waals surface area contributed by atoms with E-state index < -0.39 is 5.97 Å². The highest BCUT2D eigenvalue weighted by atomic mass is 79.9. The van der Waals surface area contributed by atoms with E-state index in [4.69, 9.17) is 4.74 Å². The van der Waals surface area contributed by atoms with E-state index in [9.17, 15) is 9.59 Å². The molecule has 5 heteroatoms. The van der Waals surface area contributed by atoms with Crippen molar-refractivity contribution >= 4 is 27.8 Å². The molecule has 1 amide bonds.